The van der Waals surface area contributed by atoms with Gasteiger partial charge in [0.25, 0.3) is 0 Å². The predicted molar refractivity (Wildman–Crippen MR) is 53.8 cm³/mol. The molecule has 1 aromatic carbocycles. The van der Waals surface area contributed by atoms with Gasteiger partial charge in [-0.05, 0) is 30.7 Å². The molecule has 4 heteroatoms. The lowest BCUT2D eigenvalue weighted by molar-refractivity contribution is 0.565. The number of rotatable bonds is 2. The lowest BCUT2D eigenvalue weighted by Gasteiger charge is -1.98. The number of carbonyl (C=O) groups excluding carboxylic acids is 1. The number of hydrogen-bond donors (Lipinski definition) is 1. The van der Waals surface area contributed by atoms with Crippen LogP contribution in [-0.2, 0) is 4.79 Å². The Balaban J connectivity index is 3.14. The fourth-order valence-corrected chi connectivity index (χ4v) is 1.63. The molecule has 0 atom stereocenters. The molecule has 12 heavy (non-hydrogen) atoms. The number of nitrogens with zero attached hydrogens (tertiary/aromatic N) is 1. The van der Waals surface area contributed by atoms with Crippen molar-refractivity contribution < 1.29 is 4.79 Å². The van der Waals surface area contributed by atoms with Gasteiger partial charge < -0.3 is 0 Å². The van der Waals surface area contributed by atoms with Crippen LogP contribution in [0.4, 0.5) is 5.69 Å². The number of hydrogen-bond acceptors (Lipinski definition) is 4. The smallest absolute Gasteiger partial charge is 0.211 e. The zero-order valence-corrected chi connectivity index (χ0v) is 8.15. The van der Waals surface area contributed by atoms with E-state index in [2.05, 4.69) is 16.7 Å². The lowest BCUT2D eigenvalue weighted by atomic mass is 10.2. The molecule has 1 rings (SSSR count). The van der Waals surface area contributed by atoms with Crippen LogP contribution < -0.4 is 0 Å². The van der Waals surface area contributed by atoms with Crippen LogP contribution in [0.1, 0.15) is 5.56 Å². The molecule has 0 saturated carbocycles. The Hall–Kier alpha value is -0.700. The molecule has 2 nitrogen and oxygen atoms in total. The van der Waals surface area contributed by atoms with Crippen LogP contribution in [0.5, 0.6) is 0 Å². The number of thiol groups is 1. The van der Waals surface area contributed by atoms with E-state index in [1.807, 2.05) is 19.1 Å². The highest BCUT2D eigenvalue weighted by Gasteiger charge is 1.95. The summed E-state index contributed by atoms with van der Waals surface area (Å²) in [6, 6.07) is 5.58. The molecule has 0 unspecified atom stereocenters. The average molecular weight is 197 g/mol. The predicted octanol–water partition coefficient (Wildman–Crippen LogP) is 2.90. The third-order valence-corrected chi connectivity index (χ3v) is 2.39. The standard InChI is InChI=1S/C8H7NOS2/c1-6-2-7(9-5-10)4-8(3-6)12-11/h2-4,11H,1H3. The molecule has 0 bridgehead atoms. The Bertz CT molecular complexity index is 332. The molecule has 0 fully saturated rings. The van der Waals surface area contributed by atoms with Gasteiger partial charge in [-0.25, -0.2) is 4.79 Å². The fourth-order valence-electron chi connectivity index (χ4n) is 0.898. The van der Waals surface area contributed by atoms with Gasteiger partial charge in [0.15, 0.2) is 0 Å². The summed E-state index contributed by atoms with van der Waals surface area (Å²) in [7, 11) is 1.33. The fraction of sp³-hybridized carbons (Fsp3) is 0.125. The van der Waals surface area contributed by atoms with Gasteiger partial charge in [0.05, 0.1) is 5.69 Å². The maximum Gasteiger partial charge on any atom is 0.240 e. The van der Waals surface area contributed by atoms with Gasteiger partial charge in [0, 0.05) is 4.90 Å². The number of isocyanates is 1. The summed E-state index contributed by atoms with van der Waals surface area (Å²) >= 11 is 4.05. The first-order valence-corrected chi connectivity index (χ1v) is 5.14. The first-order chi connectivity index (χ1) is 5.76. The normalized spacial score (nSPS) is 9.17. The van der Waals surface area contributed by atoms with E-state index < -0.39 is 0 Å². The monoisotopic (exact) mass is 197 g/mol. The molecule has 0 aliphatic heterocycles. The van der Waals surface area contributed by atoms with Gasteiger partial charge in [-0.3, -0.25) is 0 Å². The minimum atomic E-state index is 0.626. The summed E-state index contributed by atoms with van der Waals surface area (Å²) in [4.78, 5) is 14.5. The van der Waals surface area contributed by atoms with Gasteiger partial charge in [0.2, 0.25) is 6.08 Å². The maximum absolute atomic E-state index is 9.97. The minimum absolute atomic E-state index is 0.626. The van der Waals surface area contributed by atoms with Crippen molar-refractivity contribution in [3.63, 3.8) is 0 Å². The van der Waals surface area contributed by atoms with Crippen LogP contribution in [0, 0.1) is 6.92 Å². The van der Waals surface area contributed by atoms with Crippen LogP contribution in [0.2, 0.25) is 0 Å². The molecule has 0 aliphatic carbocycles. The zero-order valence-electron chi connectivity index (χ0n) is 6.44. The molecule has 0 spiro atoms. The molecule has 62 valence electrons. The summed E-state index contributed by atoms with van der Waals surface area (Å²) in [5.74, 6) is 0. The van der Waals surface area contributed by atoms with E-state index in [1.165, 1.54) is 16.9 Å². The van der Waals surface area contributed by atoms with Gasteiger partial charge in [0.1, 0.15) is 0 Å². The Morgan fingerprint density at radius 1 is 1.50 bits per heavy atom. The Labute approximate surface area is 79.9 Å². The van der Waals surface area contributed by atoms with E-state index in [4.69, 9.17) is 0 Å². The van der Waals surface area contributed by atoms with Crippen LogP contribution in [0.3, 0.4) is 0 Å². The van der Waals surface area contributed by atoms with Gasteiger partial charge in [-0.2, -0.15) is 4.99 Å². The summed E-state index contributed by atoms with van der Waals surface area (Å²) in [5.41, 5.74) is 1.68. The molecule has 0 amide bonds. The second-order valence-corrected chi connectivity index (χ2v) is 3.50. The second-order valence-electron chi connectivity index (χ2n) is 2.30. The van der Waals surface area contributed by atoms with Crippen molar-refractivity contribution in [1.29, 1.82) is 0 Å². The lowest BCUT2D eigenvalue weighted by Crippen LogP contribution is -1.73. The quantitative estimate of drug-likeness (QED) is 0.342. The molecule has 0 heterocycles. The highest BCUT2D eigenvalue weighted by Crippen LogP contribution is 2.27. The molecule has 0 N–H and O–H groups in total. The molecule has 0 aromatic heterocycles. The van der Waals surface area contributed by atoms with Crippen molar-refractivity contribution in [1.82, 2.24) is 0 Å². The zero-order chi connectivity index (χ0) is 8.97. The summed E-state index contributed by atoms with van der Waals surface area (Å²) in [5, 5.41) is 0. The number of aliphatic imine (C=N–C) groups is 1. The summed E-state index contributed by atoms with van der Waals surface area (Å²) in [6.07, 6.45) is 1.50. The van der Waals surface area contributed by atoms with Crippen molar-refractivity contribution >= 4 is 34.2 Å². The van der Waals surface area contributed by atoms with E-state index in [1.54, 1.807) is 6.07 Å². The van der Waals surface area contributed by atoms with E-state index in [0.29, 0.717) is 5.69 Å². The Kier molecular flexibility index (Phi) is 3.41. The summed E-state index contributed by atoms with van der Waals surface area (Å²) < 4.78 is 0. The van der Waals surface area contributed by atoms with Crippen molar-refractivity contribution in [2.24, 2.45) is 4.99 Å². The Morgan fingerprint density at radius 3 is 2.83 bits per heavy atom. The van der Waals surface area contributed by atoms with Crippen LogP contribution in [0.15, 0.2) is 28.1 Å². The van der Waals surface area contributed by atoms with E-state index >= 15 is 0 Å². The van der Waals surface area contributed by atoms with E-state index in [-0.39, 0.29) is 0 Å². The SMILES string of the molecule is Cc1cc(N=C=O)cc(SS)c1. The second kappa shape index (κ2) is 4.36. The molecule has 0 aliphatic rings. The molecule has 0 radical (unpaired) electrons. The van der Waals surface area contributed by atoms with Crippen LogP contribution in [0.25, 0.3) is 0 Å². The van der Waals surface area contributed by atoms with Crippen molar-refractivity contribution in [3.05, 3.63) is 23.8 Å². The molecule has 1 aromatic rings. The van der Waals surface area contributed by atoms with E-state index in [0.717, 1.165) is 10.5 Å². The maximum atomic E-state index is 9.97. The highest BCUT2D eigenvalue weighted by atomic mass is 33.1. The first kappa shape index (κ1) is 9.39. The molecular weight excluding hydrogens is 190 g/mol. The van der Waals surface area contributed by atoms with Crippen molar-refractivity contribution in [3.8, 4) is 0 Å². The summed E-state index contributed by atoms with van der Waals surface area (Å²) in [6.45, 7) is 1.94. The minimum Gasteiger partial charge on any atom is -0.211 e. The first-order valence-electron chi connectivity index (χ1n) is 3.27. The largest absolute Gasteiger partial charge is 0.240 e. The van der Waals surface area contributed by atoms with Gasteiger partial charge >= 0.3 is 0 Å². The third-order valence-electron chi connectivity index (χ3n) is 1.32. The highest BCUT2D eigenvalue weighted by molar-refractivity contribution is 8.68. The number of benzene rings is 1. The van der Waals surface area contributed by atoms with Crippen LogP contribution >= 0.6 is 22.5 Å². The average Bonchev–Trinajstić information content (AvgIpc) is 2.04. The van der Waals surface area contributed by atoms with Crippen molar-refractivity contribution in [2.75, 3.05) is 0 Å². The van der Waals surface area contributed by atoms with Gasteiger partial charge in [-0.1, -0.05) is 10.8 Å². The number of aryl methyl sites for hydroxylation is 1. The molecular formula is C8H7NOS2. The molecule has 0 saturated heterocycles. The third kappa shape index (κ3) is 2.41. The van der Waals surface area contributed by atoms with E-state index in [9.17, 15) is 4.79 Å². The van der Waals surface area contributed by atoms with Crippen molar-refractivity contribution in [2.45, 2.75) is 11.8 Å². The van der Waals surface area contributed by atoms with Crippen LogP contribution in [-0.4, -0.2) is 6.08 Å². The topological polar surface area (TPSA) is 29.4 Å². The van der Waals surface area contributed by atoms with Gasteiger partial charge in [-0.15, -0.1) is 11.7 Å². The Morgan fingerprint density at radius 2 is 2.25 bits per heavy atom.